The van der Waals surface area contributed by atoms with Gasteiger partial charge in [0.05, 0.1) is 11.6 Å². The molecule has 96 valence electrons. The minimum atomic E-state index is 0.0938. The summed E-state index contributed by atoms with van der Waals surface area (Å²) in [6, 6.07) is 7.75. The van der Waals surface area contributed by atoms with Crippen molar-refractivity contribution in [1.29, 1.82) is 0 Å². The lowest BCUT2D eigenvalue weighted by Crippen LogP contribution is -2.08. The van der Waals surface area contributed by atoms with Crippen molar-refractivity contribution < 1.29 is 0 Å². The molecule has 1 aromatic carbocycles. The van der Waals surface area contributed by atoms with Crippen LogP contribution >= 0.6 is 11.6 Å². The lowest BCUT2D eigenvalue weighted by Gasteiger charge is -2.14. The van der Waals surface area contributed by atoms with Gasteiger partial charge in [-0.3, -0.25) is 4.98 Å². The summed E-state index contributed by atoms with van der Waals surface area (Å²) in [6.07, 6.45) is 5.34. The Labute approximate surface area is 115 Å². The van der Waals surface area contributed by atoms with Gasteiger partial charge >= 0.3 is 0 Å². The number of fused-ring (bicyclic) bond motifs is 1. The van der Waals surface area contributed by atoms with Crippen molar-refractivity contribution >= 4 is 28.2 Å². The summed E-state index contributed by atoms with van der Waals surface area (Å²) < 4.78 is 0. The molecule has 3 aromatic rings. The Kier molecular flexibility index (Phi) is 3.09. The summed E-state index contributed by atoms with van der Waals surface area (Å²) in [5.74, 6) is 0.902. The molecule has 3 rings (SSSR count). The van der Waals surface area contributed by atoms with E-state index in [1.54, 1.807) is 12.4 Å². The number of pyridine rings is 1. The summed E-state index contributed by atoms with van der Waals surface area (Å²) in [4.78, 5) is 11.7. The van der Waals surface area contributed by atoms with E-state index in [1.165, 1.54) is 0 Å². The number of anilines is 1. The summed E-state index contributed by atoms with van der Waals surface area (Å²) in [5.41, 5.74) is 1.90. The summed E-state index contributed by atoms with van der Waals surface area (Å²) in [7, 11) is 0. The number of aromatic nitrogens is 3. The fraction of sp³-hybridized carbons (Fsp3) is 0.143. The van der Waals surface area contributed by atoms with Crippen molar-refractivity contribution in [2.24, 2.45) is 0 Å². The topological polar surface area (TPSA) is 53.6 Å². The summed E-state index contributed by atoms with van der Waals surface area (Å²) in [6.45, 7) is 2.06. The molecule has 1 atom stereocenters. The first kappa shape index (κ1) is 12.0. The number of nitrogens with one attached hydrogen (secondary N) is 2. The minimum Gasteiger partial charge on any atom is -0.375 e. The lowest BCUT2D eigenvalue weighted by molar-refractivity contribution is 0.811. The van der Waals surface area contributed by atoms with E-state index in [9.17, 15) is 0 Å². The number of H-pyrrole nitrogens is 1. The van der Waals surface area contributed by atoms with Crippen LogP contribution in [0.25, 0.3) is 10.9 Å². The Morgan fingerprint density at radius 3 is 2.89 bits per heavy atom. The Bertz CT molecular complexity index is 694. The predicted octanol–water partition coefficient (Wildman–Crippen LogP) is 3.78. The van der Waals surface area contributed by atoms with Crippen LogP contribution in [0.4, 0.5) is 5.69 Å². The maximum absolute atomic E-state index is 5.98. The van der Waals surface area contributed by atoms with Crippen LogP contribution in [0.1, 0.15) is 18.8 Å². The Morgan fingerprint density at radius 2 is 2.11 bits per heavy atom. The van der Waals surface area contributed by atoms with Gasteiger partial charge in [-0.1, -0.05) is 11.6 Å². The molecule has 2 aromatic heterocycles. The number of aromatic amines is 1. The van der Waals surface area contributed by atoms with Crippen LogP contribution in [0.3, 0.4) is 0 Å². The van der Waals surface area contributed by atoms with E-state index in [2.05, 4.69) is 27.2 Å². The first-order valence-electron chi connectivity index (χ1n) is 6.04. The first-order chi connectivity index (χ1) is 9.24. The van der Waals surface area contributed by atoms with E-state index in [0.717, 1.165) is 22.4 Å². The van der Waals surface area contributed by atoms with Gasteiger partial charge in [0.2, 0.25) is 0 Å². The van der Waals surface area contributed by atoms with E-state index in [1.807, 2.05) is 30.5 Å². The van der Waals surface area contributed by atoms with Gasteiger partial charge in [-0.15, -0.1) is 0 Å². The molecule has 4 nitrogen and oxygen atoms in total. The van der Waals surface area contributed by atoms with Gasteiger partial charge in [0.25, 0.3) is 0 Å². The highest BCUT2D eigenvalue weighted by Gasteiger charge is 2.09. The maximum atomic E-state index is 5.98. The van der Waals surface area contributed by atoms with Crippen LogP contribution in [0, 0.1) is 0 Å². The average Bonchev–Trinajstić information content (AvgIpc) is 2.92. The summed E-state index contributed by atoms with van der Waals surface area (Å²) in [5, 5.41) is 5.17. The second kappa shape index (κ2) is 4.90. The summed E-state index contributed by atoms with van der Waals surface area (Å²) >= 11 is 5.98. The van der Waals surface area contributed by atoms with Crippen molar-refractivity contribution in [2.75, 3.05) is 5.32 Å². The highest BCUT2D eigenvalue weighted by molar-refractivity contribution is 6.31. The Hall–Kier alpha value is -2.07. The quantitative estimate of drug-likeness (QED) is 0.763. The number of rotatable bonds is 3. The van der Waals surface area contributed by atoms with Crippen LogP contribution in [0.5, 0.6) is 0 Å². The van der Waals surface area contributed by atoms with Crippen molar-refractivity contribution in [3.05, 3.63) is 53.7 Å². The SMILES string of the molecule is CC(Nc1ccnc2cc(Cl)ccc12)c1ncc[nH]1. The zero-order chi connectivity index (χ0) is 13.2. The molecule has 2 N–H and O–H groups in total. The molecular formula is C14H13ClN4. The van der Waals surface area contributed by atoms with E-state index >= 15 is 0 Å². The van der Waals surface area contributed by atoms with Crippen LogP contribution in [-0.4, -0.2) is 15.0 Å². The van der Waals surface area contributed by atoms with Crippen LogP contribution < -0.4 is 5.32 Å². The number of hydrogen-bond acceptors (Lipinski definition) is 3. The van der Waals surface area contributed by atoms with Crippen LogP contribution in [0.15, 0.2) is 42.9 Å². The third-order valence-corrected chi connectivity index (χ3v) is 3.24. The van der Waals surface area contributed by atoms with Gasteiger partial charge in [0.15, 0.2) is 0 Å². The molecule has 0 radical (unpaired) electrons. The molecule has 0 fully saturated rings. The first-order valence-corrected chi connectivity index (χ1v) is 6.42. The molecule has 0 spiro atoms. The molecule has 0 bridgehead atoms. The molecule has 0 aliphatic heterocycles. The highest BCUT2D eigenvalue weighted by atomic mass is 35.5. The molecule has 0 aliphatic rings. The third-order valence-electron chi connectivity index (χ3n) is 3.01. The average molecular weight is 273 g/mol. The second-order valence-electron chi connectivity index (χ2n) is 4.36. The van der Waals surface area contributed by atoms with Crippen molar-refractivity contribution in [3.8, 4) is 0 Å². The zero-order valence-corrected chi connectivity index (χ0v) is 11.1. The fourth-order valence-electron chi connectivity index (χ4n) is 2.06. The zero-order valence-electron chi connectivity index (χ0n) is 10.4. The molecule has 1 unspecified atom stereocenters. The van der Waals surface area contributed by atoms with Gasteiger partial charge in [-0.25, -0.2) is 4.98 Å². The molecule has 0 aliphatic carbocycles. The van der Waals surface area contributed by atoms with E-state index in [4.69, 9.17) is 11.6 Å². The number of imidazole rings is 1. The van der Waals surface area contributed by atoms with Gasteiger partial charge in [-0.05, 0) is 31.2 Å². The standard InChI is InChI=1S/C14H13ClN4/c1-9(14-17-6-7-18-14)19-12-4-5-16-13-8-10(15)2-3-11(12)13/h2-9H,1H3,(H,16,19)(H,17,18). The fourth-order valence-corrected chi connectivity index (χ4v) is 2.23. The predicted molar refractivity (Wildman–Crippen MR) is 77.4 cm³/mol. The van der Waals surface area contributed by atoms with E-state index < -0.39 is 0 Å². The van der Waals surface area contributed by atoms with Gasteiger partial charge in [0, 0.05) is 34.7 Å². The molecule has 19 heavy (non-hydrogen) atoms. The Morgan fingerprint density at radius 1 is 1.21 bits per heavy atom. The second-order valence-corrected chi connectivity index (χ2v) is 4.80. The number of hydrogen-bond donors (Lipinski definition) is 2. The van der Waals surface area contributed by atoms with Crippen molar-refractivity contribution in [1.82, 2.24) is 15.0 Å². The largest absolute Gasteiger partial charge is 0.375 e. The number of nitrogens with zero attached hydrogens (tertiary/aromatic N) is 2. The molecule has 0 saturated heterocycles. The van der Waals surface area contributed by atoms with Crippen LogP contribution in [-0.2, 0) is 0 Å². The minimum absolute atomic E-state index is 0.0938. The van der Waals surface area contributed by atoms with Crippen molar-refractivity contribution in [2.45, 2.75) is 13.0 Å². The number of benzene rings is 1. The van der Waals surface area contributed by atoms with E-state index in [-0.39, 0.29) is 6.04 Å². The lowest BCUT2D eigenvalue weighted by atomic mass is 10.1. The van der Waals surface area contributed by atoms with Gasteiger partial charge in [-0.2, -0.15) is 0 Å². The normalized spacial score (nSPS) is 12.5. The molecule has 0 saturated carbocycles. The molecule has 5 heteroatoms. The van der Waals surface area contributed by atoms with E-state index in [0.29, 0.717) is 5.02 Å². The Balaban J connectivity index is 1.97. The smallest absolute Gasteiger partial charge is 0.128 e. The molecule has 0 amide bonds. The highest BCUT2D eigenvalue weighted by Crippen LogP contribution is 2.26. The maximum Gasteiger partial charge on any atom is 0.128 e. The van der Waals surface area contributed by atoms with Gasteiger partial charge in [0.1, 0.15) is 5.82 Å². The van der Waals surface area contributed by atoms with Crippen LogP contribution in [0.2, 0.25) is 5.02 Å². The van der Waals surface area contributed by atoms with Crippen molar-refractivity contribution in [3.63, 3.8) is 0 Å². The molecule has 2 heterocycles. The third kappa shape index (κ3) is 2.39. The number of halogens is 1. The molecular weight excluding hydrogens is 260 g/mol. The monoisotopic (exact) mass is 272 g/mol. The van der Waals surface area contributed by atoms with Gasteiger partial charge < -0.3 is 10.3 Å².